The van der Waals surface area contributed by atoms with E-state index in [4.69, 9.17) is 10.5 Å². The molecule has 1 atom stereocenters. The van der Waals surface area contributed by atoms with Crippen molar-refractivity contribution in [3.63, 3.8) is 0 Å². The molecule has 0 saturated heterocycles. The minimum absolute atomic E-state index is 0.239. The maximum Gasteiger partial charge on any atom is 0.169 e. The summed E-state index contributed by atoms with van der Waals surface area (Å²) in [5.74, 6) is -0.0884. The van der Waals surface area contributed by atoms with Crippen molar-refractivity contribution in [2.24, 2.45) is 5.73 Å². The molecular weight excluding hydrogens is 267 g/mol. The van der Waals surface area contributed by atoms with Crippen LogP contribution in [0.25, 0.3) is 0 Å². The number of benzene rings is 1. The summed E-state index contributed by atoms with van der Waals surface area (Å²) in [7, 11) is 1.48. The molecular formula is C17H29FN2O. The number of halogens is 1. The Bertz CT molecular complexity index is 442. The monoisotopic (exact) mass is 296 g/mol. The molecule has 0 bridgehead atoms. The fourth-order valence-corrected chi connectivity index (χ4v) is 3.40. The second-order valence-corrected chi connectivity index (χ2v) is 5.32. The minimum Gasteiger partial charge on any atom is -0.494 e. The third-order valence-electron chi connectivity index (χ3n) is 4.74. The van der Waals surface area contributed by atoms with Crippen LogP contribution < -0.4 is 10.5 Å². The summed E-state index contributed by atoms with van der Waals surface area (Å²) in [4.78, 5) is 2.34. The molecule has 0 saturated carbocycles. The van der Waals surface area contributed by atoms with Crippen LogP contribution in [0.15, 0.2) is 18.2 Å². The normalized spacial score (nSPS) is 13.5. The van der Waals surface area contributed by atoms with Gasteiger partial charge in [0.15, 0.2) is 11.6 Å². The van der Waals surface area contributed by atoms with Gasteiger partial charge in [-0.15, -0.1) is 0 Å². The van der Waals surface area contributed by atoms with E-state index >= 15 is 0 Å². The third-order valence-corrected chi connectivity index (χ3v) is 4.74. The first kappa shape index (κ1) is 17.9. The van der Waals surface area contributed by atoms with E-state index in [-0.39, 0.29) is 23.1 Å². The second-order valence-electron chi connectivity index (χ2n) is 5.32. The van der Waals surface area contributed by atoms with Gasteiger partial charge in [-0.1, -0.05) is 39.8 Å². The van der Waals surface area contributed by atoms with Crippen molar-refractivity contribution < 1.29 is 9.13 Å². The van der Waals surface area contributed by atoms with Crippen LogP contribution in [0.4, 0.5) is 4.39 Å². The molecule has 0 radical (unpaired) electrons. The first-order valence-electron chi connectivity index (χ1n) is 7.85. The number of hydrogen-bond acceptors (Lipinski definition) is 3. The Labute approximate surface area is 128 Å². The van der Waals surface area contributed by atoms with E-state index in [1.54, 1.807) is 18.2 Å². The van der Waals surface area contributed by atoms with E-state index in [0.29, 0.717) is 5.56 Å². The Morgan fingerprint density at radius 3 is 2.19 bits per heavy atom. The lowest BCUT2D eigenvalue weighted by molar-refractivity contribution is 0.0612. The quantitative estimate of drug-likeness (QED) is 0.794. The van der Waals surface area contributed by atoms with Crippen LogP contribution in [0.3, 0.4) is 0 Å². The number of methoxy groups -OCH3 is 1. The van der Waals surface area contributed by atoms with Gasteiger partial charge in [-0.05, 0) is 32.0 Å². The summed E-state index contributed by atoms with van der Waals surface area (Å²) < 4.78 is 19.7. The minimum atomic E-state index is -0.387. The molecule has 0 heterocycles. The summed E-state index contributed by atoms with van der Waals surface area (Å²) in [5.41, 5.74) is 6.83. The van der Waals surface area contributed by atoms with Crippen molar-refractivity contribution in [3.8, 4) is 5.75 Å². The predicted octanol–water partition coefficient (Wildman–Crippen LogP) is 3.73. The maximum absolute atomic E-state index is 14.6. The van der Waals surface area contributed by atoms with Crippen LogP contribution in [0.5, 0.6) is 5.75 Å². The summed E-state index contributed by atoms with van der Waals surface area (Å²) in [5, 5.41) is 0. The first-order chi connectivity index (χ1) is 10.0. The van der Waals surface area contributed by atoms with E-state index < -0.39 is 0 Å². The lowest BCUT2D eigenvalue weighted by Crippen LogP contribution is -2.55. The van der Waals surface area contributed by atoms with Crippen molar-refractivity contribution in [3.05, 3.63) is 29.6 Å². The fraction of sp³-hybridized carbons (Fsp3) is 0.647. The van der Waals surface area contributed by atoms with Crippen molar-refractivity contribution in [2.75, 3.05) is 20.2 Å². The highest BCUT2D eigenvalue weighted by Gasteiger charge is 2.40. The van der Waals surface area contributed by atoms with E-state index in [2.05, 4.69) is 32.6 Å². The number of nitrogens with two attached hydrogens (primary N) is 1. The van der Waals surface area contributed by atoms with Crippen LogP contribution in [0, 0.1) is 5.82 Å². The molecule has 2 N–H and O–H groups in total. The van der Waals surface area contributed by atoms with Crippen LogP contribution in [-0.4, -0.2) is 30.6 Å². The second kappa shape index (κ2) is 7.76. The Hall–Kier alpha value is -1.13. The maximum atomic E-state index is 14.6. The molecule has 0 aromatic heterocycles. The number of nitrogens with zero attached hydrogens (tertiary/aromatic N) is 1. The van der Waals surface area contributed by atoms with Gasteiger partial charge < -0.3 is 10.5 Å². The SMILES string of the molecule is CCN(CC)C(CC)(CC)C(N)c1cccc(OC)c1F. The zero-order valence-corrected chi connectivity index (χ0v) is 13.9. The summed E-state index contributed by atoms with van der Waals surface area (Å²) >= 11 is 0. The van der Waals surface area contributed by atoms with Crippen molar-refractivity contribution >= 4 is 0 Å². The number of ether oxygens (including phenoxy) is 1. The summed E-state index contributed by atoms with van der Waals surface area (Å²) in [6.07, 6.45) is 1.76. The molecule has 0 fully saturated rings. The molecule has 3 nitrogen and oxygen atoms in total. The van der Waals surface area contributed by atoms with Crippen molar-refractivity contribution in [1.82, 2.24) is 4.90 Å². The van der Waals surface area contributed by atoms with Gasteiger partial charge in [0.1, 0.15) is 0 Å². The van der Waals surface area contributed by atoms with Crippen LogP contribution >= 0.6 is 0 Å². The fourth-order valence-electron chi connectivity index (χ4n) is 3.40. The Morgan fingerprint density at radius 2 is 1.76 bits per heavy atom. The lowest BCUT2D eigenvalue weighted by atomic mass is 9.79. The van der Waals surface area contributed by atoms with Gasteiger partial charge >= 0.3 is 0 Å². The van der Waals surface area contributed by atoms with E-state index in [0.717, 1.165) is 25.9 Å². The van der Waals surface area contributed by atoms with Crippen molar-refractivity contribution in [1.29, 1.82) is 0 Å². The van der Waals surface area contributed by atoms with E-state index in [1.165, 1.54) is 7.11 Å². The molecule has 1 aromatic rings. The molecule has 4 heteroatoms. The molecule has 1 aromatic carbocycles. The van der Waals surface area contributed by atoms with Gasteiger partial charge in [0.25, 0.3) is 0 Å². The molecule has 0 amide bonds. The predicted molar refractivity (Wildman–Crippen MR) is 86.1 cm³/mol. The van der Waals surface area contributed by atoms with E-state index in [1.807, 2.05) is 0 Å². The number of likely N-dealkylation sites (N-methyl/N-ethyl adjacent to an activating group) is 1. The highest BCUT2D eigenvalue weighted by Crippen LogP contribution is 2.38. The Balaban J connectivity index is 3.32. The molecule has 0 spiro atoms. The van der Waals surface area contributed by atoms with Gasteiger partial charge in [0.05, 0.1) is 13.2 Å². The lowest BCUT2D eigenvalue weighted by Gasteiger charge is -2.46. The first-order valence-corrected chi connectivity index (χ1v) is 7.85. The van der Waals surface area contributed by atoms with E-state index in [9.17, 15) is 4.39 Å². The van der Waals surface area contributed by atoms with Gasteiger partial charge in [0.2, 0.25) is 0 Å². The number of rotatable bonds is 8. The molecule has 0 aliphatic carbocycles. The summed E-state index contributed by atoms with van der Waals surface area (Å²) in [6.45, 7) is 10.3. The van der Waals surface area contributed by atoms with Crippen LogP contribution in [-0.2, 0) is 0 Å². The smallest absolute Gasteiger partial charge is 0.169 e. The average molecular weight is 296 g/mol. The van der Waals surface area contributed by atoms with Gasteiger partial charge in [-0.2, -0.15) is 0 Å². The van der Waals surface area contributed by atoms with Crippen LogP contribution in [0.2, 0.25) is 0 Å². The highest BCUT2D eigenvalue weighted by molar-refractivity contribution is 5.34. The summed E-state index contributed by atoms with van der Waals surface area (Å²) in [6, 6.07) is 4.81. The topological polar surface area (TPSA) is 38.5 Å². The zero-order valence-electron chi connectivity index (χ0n) is 13.9. The Kier molecular flexibility index (Phi) is 6.62. The molecule has 120 valence electrons. The largest absolute Gasteiger partial charge is 0.494 e. The Morgan fingerprint density at radius 1 is 1.19 bits per heavy atom. The molecule has 0 aliphatic heterocycles. The van der Waals surface area contributed by atoms with Gasteiger partial charge in [-0.25, -0.2) is 4.39 Å². The number of hydrogen-bond donors (Lipinski definition) is 1. The van der Waals surface area contributed by atoms with Crippen molar-refractivity contribution in [2.45, 2.75) is 52.1 Å². The average Bonchev–Trinajstić information content (AvgIpc) is 2.52. The zero-order chi connectivity index (χ0) is 16.0. The highest BCUT2D eigenvalue weighted by atomic mass is 19.1. The molecule has 21 heavy (non-hydrogen) atoms. The molecule has 1 rings (SSSR count). The standard InChI is InChI=1S/C17H29FN2O/c1-6-17(7-2,20(8-3)9-4)16(19)13-11-10-12-14(21-5)15(13)18/h10-12,16H,6-9,19H2,1-5H3. The third kappa shape index (κ3) is 3.22. The van der Waals surface area contributed by atoms with Crippen LogP contribution in [0.1, 0.15) is 52.1 Å². The molecule has 0 aliphatic rings. The molecule has 1 unspecified atom stereocenters. The van der Waals surface area contributed by atoms with Gasteiger partial charge in [0, 0.05) is 11.1 Å². The van der Waals surface area contributed by atoms with Gasteiger partial charge in [-0.3, -0.25) is 4.90 Å².